The Bertz CT molecular complexity index is 89.3. The standard InChI is InChI=1S/C6H15N.Ag.NO3/c1-4-7(5-2)6-3;;2-1(3)4/h4-6H2,1-3H3;;/q;+1;-1. The van der Waals surface area contributed by atoms with Gasteiger partial charge in [-0.3, -0.25) is 0 Å². The summed E-state index contributed by atoms with van der Waals surface area (Å²) in [5.41, 5.74) is 0. The van der Waals surface area contributed by atoms with Gasteiger partial charge < -0.3 is 20.2 Å². The van der Waals surface area contributed by atoms with Gasteiger partial charge >= 0.3 is 22.4 Å². The summed E-state index contributed by atoms with van der Waals surface area (Å²) in [6.07, 6.45) is 0. The second kappa shape index (κ2) is 13.5. The van der Waals surface area contributed by atoms with Crippen molar-refractivity contribution in [2.45, 2.75) is 20.8 Å². The van der Waals surface area contributed by atoms with Gasteiger partial charge in [-0.1, -0.05) is 20.8 Å². The van der Waals surface area contributed by atoms with Gasteiger partial charge in [-0.25, -0.2) is 0 Å². The monoisotopic (exact) mass is 270 g/mol. The van der Waals surface area contributed by atoms with Crippen LogP contribution in [0.1, 0.15) is 20.8 Å². The van der Waals surface area contributed by atoms with E-state index in [0.29, 0.717) is 0 Å². The first-order chi connectivity index (χ1) is 5.08. The SMILES string of the molecule is CCN(CC)CC.O=[N+]([O-])[O-].[Ag+]. The molecule has 0 saturated carbocycles. The fourth-order valence-electron chi connectivity index (χ4n) is 0.671. The van der Waals surface area contributed by atoms with Crippen LogP contribution in [0, 0.1) is 15.3 Å². The summed E-state index contributed by atoms with van der Waals surface area (Å²) in [5, 5.41) is 14.8. The van der Waals surface area contributed by atoms with Gasteiger partial charge in [0.2, 0.25) is 0 Å². The summed E-state index contributed by atoms with van der Waals surface area (Å²) in [7, 11) is 0. The van der Waals surface area contributed by atoms with Crippen LogP contribution >= 0.6 is 0 Å². The largest absolute Gasteiger partial charge is 1.00 e. The molecule has 0 atom stereocenters. The van der Waals surface area contributed by atoms with Crippen LogP contribution in [0.5, 0.6) is 0 Å². The Labute approximate surface area is 88.4 Å². The molecule has 0 bridgehead atoms. The number of hydrogen-bond acceptors (Lipinski definition) is 4. The van der Waals surface area contributed by atoms with Crippen molar-refractivity contribution in [2.24, 2.45) is 0 Å². The Balaban J connectivity index is -0.000000142. The summed E-state index contributed by atoms with van der Waals surface area (Å²) in [6, 6.07) is 0. The van der Waals surface area contributed by atoms with E-state index in [2.05, 4.69) is 25.7 Å². The van der Waals surface area contributed by atoms with Crippen molar-refractivity contribution in [1.29, 1.82) is 0 Å². The van der Waals surface area contributed by atoms with Crippen LogP contribution in [0.15, 0.2) is 0 Å². The molecule has 5 nitrogen and oxygen atoms in total. The van der Waals surface area contributed by atoms with E-state index in [9.17, 15) is 0 Å². The smallest absolute Gasteiger partial charge is 0.356 e. The molecule has 0 heterocycles. The summed E-state index contributed by atoms with van der Waals surface area (Å²) in [4.78, 5) is 10.6. The van der Waals surface area contributed by atoms with E-state index in [4.69, 9.17) is 15.3 Å². The Hall–Kier alpha value is -0.0997. The molecule has 0 fully saturated rings. The van der Waals surface area contributed by atoms with Crippen LogP contribution in [0.4, 0.5) is 0 Å². The molecule has 0 aliphatic carbocycles. The first-order valence-electron chi connectivity index (χ1n) is 3.62. The van der Waals surface area contributed by atoms with Crippen LogP contribution in [0.2, 0.25) is 0 Å². The first kappa shape index (κ1) is 17.8. The third-order valence-corrected chi connectivity index (χ3v) is 1.34. The molecule has 0 aromatic rings. The summed E-state index contributed by atoms with van der Waals surface area (Å²) in [6.45, 7) is 10.1. The van der Waals surface area contributed by atoms with Crippen molar-refractivity contribution in [3.8, 4) is 0 Å². The van der Waals surface area contributed by atoms with Gasteiger partial charge in [0.15, 0.2) is 0 Å². The minimum atomic E-state index is -1.75. The van der Waals surface area contributed by atoms with Crippen LogP contribution in [0.3, 0.4) is 0 Å². The number of rotatable bonds is 3. The van der Waals surface area contributed by atoms with E-state index in [1.807, 2.05) is 0 Å². The van der Waals surface area contributed by atoms with Gasteiger partial charge in [-0.15, -0.1) is 0 Å². The van der Waals surface area contributed by atoms with Gasteiger partial charge in [0.25, 0.3) is 0 Å². The number of hydrogen-bond donors (Lipinski definition) is 0. The molecule has 0 aliphatic rings. The van der Waals surface area contributed by atoms with Gasteiger partial charge in [0.1, 0.15) is 0 Å². The predicted octanol–water partition coefficient (Wildman–Crippen LogP) is 1.11. The summed E-state index contributed by atoms with van der Waals surface area (Å²) in [5.74, 6) is 0. The normalized spacial score (nSPS) is 8.00. The predicted molar refractivity (Wildman–Crippen MR) is 43.8 cm³/mol. The average Bonchev–Trinajstić information content (AvgIpc) is 1.90. The van der Waals surface area contributed by atoms with E-state index >= 15 is 0 Å². The van der Waals surface area contributed by atoms with E-state index < -0.39 is 5.09 Å². The zero-order valence-corrected chi connectivity index (χ0v) is 9.02. The topological polar surface area (TPSA) is 69.4 Å². The molecular weight excluding hydrogens is 256 g/mol. The minimum Gasteiger partial charge on any atom is -0.356 e. The average molecular weight is 271 g/mol. The van der Waals surface area contributed by atoms with E-state index in [1.54, 1.807) is 0 Å². The zero-order chi connectivity index (χ0) is 9.28. The molecule has 0 aromatic heterocycles. The molecule has 0 aliphatic heterocycles. The van der Waals surface area contributed by atoms with E-state index in [1.165, 1.54) is 19.6 Å². The van der Waals surface area contributed by atoms with Crippen LogP contribution in [-0.4, -0.2) is 29.6 Å². The molecule has 0 aromatic carbocycles. The van der Waals surface area contributed by atoms with Crippen LogP contribution < -0.4 is 0 Å². The first-order valence-corrected chi connectivity index (χ1v) is 3.62. The van der Waals surface area contributed by atoms with Crippen molar-refractivity contribution in [1.82, 2.24) is 4.90 Å². The molecule has 12 heavy (non-hydrogen) atoms. The van der Waals surface area contributed by atoms with Crippen molar-refractivity contribution < 1.29 is 27.5 Å². The molecule has 6 heteroatoms. The van der Waals surface area contributed by atoms with Crippen molar-refractivity contribution in [3.63, 3.8) is 0 Å². The quantitative estimate of drug-likeness (QED) is 0.438. The molecule has 0 amide bonds. The fourth-order valence-corrected chi connectivity index (χ4v) is 0.671. The molecule has 0 saturated heterocycles. The Morgan fingerprint density at radius 3 is 1.25 bits per heavy atom. The van der Waals surface area contributed by atoms with Crippen LogP contribution in [-0.2, 0) is 22.4 Å². The molecule has 0 radical (unpaired) electrons. The van der Waals surface area contributed by atoms with Gasteiger partial charge in [0.05, 0.1) is 5.09 Å². The molecule has 78 valence electrons. The van der Waals surface area contributed by atoms with Gasteiger partial charge in [-0.2, -0.15) is 0 Å². The molecule has 0 spiro atoms. The van der Waals surface area contributed by atoms with Crippen molar-refractivity contribution in [2.75, 3.05) is 19.6 Å². The Kier molecular flexibility index (Phi) is 20.1. The number of nitrogens with zero attached hydrogens (tertiary/aromatic N) is 2. The fraction of sp³-hybridized carbons (Fsp3) is 1.00. The second-order valence-corrected chi connectivity index (χ2v) is 1.84. The van der Waals surface area contributed by atoms with Crippen molar-refractivity contribution >= 4 is 0 Å². The van der Waals surface area contributed by atoms with E-state index in [-0.39, 0.29) is 22.4 Å². The third-order valence-electron chi connectivity index (χ3n) is 1.34. The zero-order valence-electron chi connectivity index (χ0n) is 7.54. The Morgan fingerprint density at radius 1 is 1.08 bits per heavy atom. The molecule has 0 rings (SSSR count). The molecule has 0 unspecified atom stereocenters. The Morgan fingerprint density at radius 2 is 1.25 bits per heavy atom. The molecular formula is C6H15AgN2O3. The minimum absolute atomic E-state index is 0. The van der Waals surface area contributed by atoms with Gasteiger partial charge in [-0.05, 0) is 19.6 Å². The summed E-state index contributed by atoms with van der Waals surface area (Å²) < 4.78 is 0. The van der Waals surface area contributed by atoms with Gasteiger partial charge in [0, 0.05) is 0 Å². The maximum absolute atomic E-state index is 8.25. The third kappa shape index (κ3) is 22.5. The second-order valence-electron chi connectivity index (χ2n) is 1.84. The maximum Gasteiger partial charge on any atom is 1.00 e. The summed E-state index contributed by atoms with van der Waals surface area (Å²) >= 11 is 0. The van der Waals surface area contributed by atoms with Crippen molar-refractivity contribution in [3.05, 3.63) is 15.3 Å². The maximum atomic E-state index is 8.25. The molecule has 0 N–H and O–H groups in total. The van der Waals surface area contributed by atoms with E-state index in [0.717, 1.165) is 0 Å². The van der Waals surface area contributed by atoms with Crippen LogP contribution in [0.25, 0.3) is 0 Å².